The minimum absolute atomic E-state index is 0.0874. The molecule has 4 rings (SSSR count). The topological polar surface area (TPSA) is 67.8 Å². The van der Waals surface area contributed by atoms with Crippen molar-refractivity contribution in [1.29, 1.82) is 0 Å². The van der Waals surface area contributed by atoms with Crippen LogP contribution >= 0.6 is 22.6 Å². The Morgan fingerprint density at radius 3 is 2.69 bits per heavy atom. The number of amides is 1. The second kappa shape index (κ2) is 9.79. The Morgan fingerprint density at radius 2 is 2.00 bits per heavy atom. The molecule has 0 spiro atoms. The highest BCUT2D eigenvalue weighted by Crippen LogP contribution is 2.44. The number of rotatable bonds is 8. The number of ether oxygens (including phenoxy) is 2. The Labute approximate surface area is 186 Å². The van der Waals surface area contributed by atoms with Crippen LogP contribution in [0.15, 0.2) is 36.1 Å². The van der Waals surface area contributed by atoms with Crippen LogP contribution in [0, 0.1) is 15.4 Å². The highest BCUT2D eigenvalue weighted by atomic mass is 127. The summed E-state index contributed by atoms with van der Waals surface area (Å²) >= 11 is 2.30. The van der Waals surface area contributed by atoms with Gasteiger partial charge in [0, 0.05) is 28.6 Å². The molecule has 0 aromatic heterocycles. The molecule has 1 aromatic carbocycles. The first-order chi connectivity index (χ1) is 14.1. The number of benzene rings is 1. The first kappa shape index (κ1) is 21.1. The molecule has 1 aliphatic heterocycles. The van der Waals surface area contributed by atoms with Crippen LogP contribution < -0.4 is 5.32 Å². The van der Waals surface area contributed by atoms with Gasteiger partial charge in [0.15, 0.2) is 5.76 Å². The number of carbonyl (C=O) groups is 1. The third-order valence-corrected chi connectivity index (χ3v) is 7.21. The van der Waals surface area contributed by atoms with E-state index in [1.54, 1.807) is 0 Å². The van der Waals surface area contributed by atoms with Gasteiger partial charge in [-0.05, 0) is 90.3 Å². The Hall–Kier alpha value is -1.12. The van der Waals surface area contributed by atoms with Gasteiger partial charge < -0.3 is 19.9 Å². The predicted octanol–water partition coefficient (Wildman–Crippen LogP) is 4.10. The summed E-state index contributed by atoms with van der Waals surface area (Å²) in [5.41, 5.74) is 1.17. The average Bonchev–Trinajstić information content (AvgIpc) is 3.35. The standard InChI is InChI=1S/C23H30INO4/c24-19-7-5-16(6-8-19)18-13-21(29-22(14-18)28-10-2-1-9-26)23(27)25-20-12-15-3-4-17(20)11-15/h5-8,13,15,17-18,20,22,26H,1-4,9-12,14H2,(H,25,27)/t15?,17?,18-,20?,22+/m1/s1. The van der Waals surface area contributed by atoms with Gasteiger partial charge >= 0.3 is 0 Å². The van der Waals surface area contributed by atoms with E-state index in [1.165, 1.54) is 28.4 Å². The zero-order valence-electron chi connectivity index (χ0n) is 16.7. The average molecular weight is 511 g/mol. The molecule has 6 heteroatoms. The van der Waals surface area contributed by atoms with Gasteiger partial charge in [-0.3, -0.25) is 4.79 Å². The molecule has 5 atom stereocenters. The number of fused-ring (bicyclic) bond motifs is 2. The van der Waals surface area contributed by atoms with Gasteiger partial charge in [0.1, 0.15) is 0 Å². The number of hydrogen-bond donors (Lipinski definition) is 2. The maximum absolute atomic E-state index is 13.0. The minimum Gasteiger partial charge on any atom is -0.459 e. The fraction of sp³-hybridized carbons (Fsp3) is 0.609. The van der Waals surface area contributed by atoms with Crippen molar-refractivity contribution < 1.29 is 19.4 Å². The number of allylic oxidation sites excluding steroid dienone is 1. The number of aliphatic hydroxyl groups excluding tert-OH is 1. The molecule has 5 nitrogen and oxygen atoms in total. The molecule has 3 aliphatic rings. The van der Waals surface area contributed by atoms with E-state index < -0.39 is 6.29 Å². The van der Waals surface area contributed by atoms with Crippen LogP contribution in [0.2, 0.25) is 0 Å². The summed E-state index contributed by atoms with van der Waals surface area (Å²) in [6.07, 6.45) is 8.60. The van der Waals surface area contributed by atoms with Crippen LogP contribution in [0.1, 0.15) is 56.4 Å². The number of unbranched alkanes of at least 4 members (excludes halogenated alkanes) is 1. The van der Waals surface area contributed by atoms with Crippen molar-refractivity contribution in [1.82, 2.24) is 5.32 Å². The van der Waals surface area contributed by atoms with Gasteiger partial charge in [-0.25, -0.2) is 0 Å². The molecule has 1 aromatic rings. The maximum atomic E-state index is 13.0. The quantitative estimate of drug-likeness (QED) is 0.408. The number of halogens is 1. The molecule has 3 unspecified atom stereocenters. The Kier molecular flexibility index (Phi) is 7.13. The smallest absolute Gasteiger partial charge is 0.286 e. The highest BCUT2D eigenvalue weighted by molar-refractivity contribution is 14.1. The summed E-state index contributed by atoms with van der Waals surface area (Å²) in [4.78, 5) is 13.0. The van der Waals surface area contributed by atoms with Gasteiger partial charge in [-0.15, -0.1) is 0 Å². The Bertz CT molecular complexity index is 735. The van der Waals surface area contributed by atoms with Crippen molar-refractivity contribution >= 4 is 28.5 Å². The maximum Gasteiger partial charge on any atom is 0.286 e. The SMILES string of the molecule is O=C(NC1CC2CCC1C2)C1=C[C@@H](c2ccc(I)cc2)C[C@@H](OCCCCO)O1. The third kappa shape index (κ3) is 5.33. The minimum atomic E-state index is -0.441. The molecule has 158 valence electrons. The van der Waals surface area contributed by atoms with Crippen molar-refractivity contribution in [2.45, 2.75) is 63.2 Å². The highest BCUT2D eigenvalue weighted by Gasteiger charge is 2.41. The molecule has 2 aliphatic carbocycles. The van der Waals surface area contributed by atoms with Gasteiger partial charge in [0.2, 0.25) is 6.29 Å². The predicted molar refractivity (Wildman–Crippen MR) is 119 cm³/mol. The first-order valence-electron chi connectivity index (χ1n) is 10.8. The van der Waals surface area contributed by atoms with Crippen molar-refractivity contribution in [2.24, 2.45) is 11.8 Å². The van der Waals surface area contributed by atoms with Crippen LogP contribution in [0.25, 0.3) is 0 Å². The van der Waals surface area contributed by atoms with Gasteiger partial charge in [0.05, 0.1) is 6.61 Å². The van der Waals surface area contributed by atoms with Crippen LogP contribution in [0.5, 0.6) is 0 Å². The van der Waals surface area contributed by atoms with Gasteiger partial charge in [0.25, 0.3) is 5.91 Å². The lowest BCUT2D eigenvalue weighted by molar-refractivity contribution is -0.147. The fourth-order valence-electron chi connectivity index (χ4n) is 4.95. The van der Waals surface area contributed by atoms with E-state index in [0.29, 0.717) is 31.1 Å². The van der Waals surface area contributed by atoms with Crippen molar-refractivity contribution in [3.8, 4) is 0 Å². The summed E-state index contributed by atoms with van der Waals surface area (Å²) < 4.78 is 13.1. The van der Waals surface area contributed by atoms with Crippen molar-refractivity contribution in [3.05, 3.63) is 45.2 Å². The molecule has 1 amide bonds. The van der Waals surface area contributed by atoms with Gasteiger partial charge in [-0.1, -0.05) is 18.6 Å². The summed E-state index contributed by atoms with van der Waals surface area (Å²) in [5.74, 6) is 1.78. The number of hydrogen-bond acceptors (Lipinski definition) is 4. The summed E-state index contributed by atoms with van der Waals surface area (Å²) in [7, 11) is 0. The van der Waals surface area contributed by atoms with E-state index in [-0.39, 0.29) is 24.5 Å². The normalized spacial score (nSPS) is 30.7. The molecular weight excluding hydrogens is 481 g/mol. The fourth-order valence-corrected chi connectivity index (χ4v) is 5.31. The Balaban J connectivity index is 1.44. The molecule has 0 saturated heterocycles. The zero-order chi connectivity index (χ0) is 20.2. The van der Waals surface area contributed by atoms with Crippen LogP contribution in [0.4, 0.5) is 0 Å². The lowest BCUT2D eigenvalue weighted by Gasteiger charge is -2.30. The molecule has 1 heterocycles. The number of carbonyl (C=O) groups excluding carboxylic acids is 1. The molecule has 0 radical (unpaired) electrons. The van der Waals surface area contributed by atoms with Crippen molar-refractivity contribution in [3.63, 3.8) is 0 Å². The molecule has 2 fully saturated rings. The van der Waals surface area contributed by atoms with E-state index >= 15 is 0 Å². The number of aliphatic hydroxyl groups is 1. The zero-order valence-corrected chi connectivity index (χ0v) is 18.8. The molecular formula is C23H30INO4. The van der Waals surface area contributed by atoms with Crippen molar-refractivity contribution in [2.75, 3.05) is 13.2 Å². The van der Waals surface area contributed by atoms with Gasteiger partial charge in [-0.2, -0.15) is 0 Å². The monoisotopic (exact) mass is 511 g/mol. The molecule has 2 N–H and O–H groups in total. The molecule has 2 saturated carbocycles. The van der Waals surface area contributed by atoms with Crippen LogP contribution in [0.3, 0.4) is 0 Å². The van der Waals surface area contributed by atoms with E-state index in [0.717, 1.165) is 18.8 Å². The number of nitrogens with one attached hydrogen (secondary N) is 1. The lowest BCUT2D eigenvalue weighted by Crippen LogP contribution is -2.41. The summed E-state index contributed by atoms with van der Waals surface area (Å²) in [6, 6.07) is 8.69. The second-order valence-corrected chi connectivity index (χ2v) is 9.77. The van der Waals surface area contributed by atoms with E-state index in [4.69, 9.17) is 14.6 Å². The van der Waals surface area contributed by atoms with E-state index in [2.05, 4.69) is 52.2 Å². The second-order valence-electron chi connectivity index (χ2n) is 8.53. The largest absolute Gasteiger partial charge is 0.459 e. The first-order valence-corrected chi connectivity index (χ1v) is 11.9. The lowest BCUT2D eigenvalue weighted by atomic mass is 9.92. The molecule has 2 bridgehead atoms. The summed E-state index contributed by atoms with van der Waals surface area (Å²) in [5, 5.41) is 12.2. The van der Waals surface area contributed by atoms with E-state index in [9.17, 15) is 4.79 Å². The van der Waals surface area contributed by atoms with E-state index in [1.807, 2.05) is 6.08 Å². The summed E-state index contributed by atoms with van der Waals surface area (Å²) in [6.45, 7) is 0.684. The van der Waals surface area contributed by atoms with Crippen LogP contribution in [-0.2, 0) is 14.3 Å². The third-order valence-electron chi connectivity index (χ3n) is 6.49. The Morgan fingerprint density at radius 1 is 1.17 bits per heavy atom. The molecule has 29 heavy (non-hydrogen) atoms. The van der Waals surface area contributed by atoms with Crippen LogP contribution in [-0.4, -0.2) is 36.6 Å².